The highest BCUT2D eigenvalue weighted by Crippen LogP contribution is 2.45. The lowest BCUT2D eigenvalue weighted by Gasteiger charge is -2.40. The van der Waals surface area contributed by atoms with Crippen LogP contribution in [0.4, 0.5) is 18.9 Å². The van der Waals surface area contributed by atoms with Crippen molar-refractivity contribution in [3.63, 3.8) is 0 Å². The molecular formula is C36H34F3N5O4. The number of anilines is 1. The molecule has 248 valence electrons. The molecule has 2 aromatic carbocycles. The lowest BCUT2D eigenvalue weighted by molar-refractivity contribution is -0.137. The molecule has 3 aromatic heterocycles. The zero-order valence-electron chi connectivity index (χ0n) is 26.4. The third-order valence-corrected chi connectivity index (χ3v) is 10.1. The van der Waals surface area contributed by atoms with Gasteiger partial charge >= 0.3 is 12.1 Å². The number of benzene rings is 2. The maximum Gasteiger partial charge on any atom is 0.417 e. The highest BCUT2D eigenvalue weighted by atomic mass is 19.4. The van der Waals surface area contributed by atoms with E-state index in [1.807, 2.05) is 17.7 Å². The molecule has 3 N–H and O–H groups in total. The first-order valence-electron chi connectivity index (χ1n) is 16.0. The summed E-state index contributed by atoms with van der Waals surface area (Å²) in [7, 11) is 3.50. The molecule has 0 spiro atoms. The van der Waals surface area contributed by atoms with Gasteiger partial charge in [-0.2, -0.15) is 13.2 Å². The van der Waals surface area contributed by atoms with Crippen molar-refractivity contribution in [2.75, 3.05) is 5.32 Å². The zero-order chi connectivity index (χ0) is 34.0. The van der Waals surface area contributed by atoms with Gasteiger partial charge in [-0.25, -0.2) is 4.79 Å². The Bertz CT molecular complexity index is 2100. The first-order chi connectivity index (χ1) is 22.9. The van der Waals surface area contributed by atoms with Crippen LogP contribution in [-0.2, 0) is 25.1 Å². The number of aromatic carboxylic acids is 1. The van der Waals surface area contributed by atoms with Crippen LogP contribution in [0.15, 0.2) is 60.8 Å². The molecule has 3 heterocycles. The van der Waals surface area contributed by atoms with E-state index >= 15 is 0 Å². The number of aryl methyl sites for hydroxylation is 2. The summed E-state index contributed by atoms with van der Waals surface area (Å²) in [6.45, 7) is 0. The van der Waals surface area contributed by atoms with Crippen LogP contribution < -0.4 is 10.6 Å². The number of hydrogen-bond acceptors (Lipinski definition) is 4. The molecule has 2 aliphatic carbocycles. The molecule has 0 unspecified atom stereocenters. The standard InChI is InChI=1S/C36H34F3N5O4/c1-43-27-13-10-24(16-22(27)18-29(43)33(46)47)41-34(48)35(14-5-15-35)42-32(45)21-8-11-25-28(17-21)44(2)31(30(25)20-6-3-4-7-20)26-12-9-23(19-40-26)36(37,38)39/h8-13,16-20H,3-7,14-15H2,1-2H3,(H,41,48)(H,42,45)(H,46,47). The van der Waals surface area contributed by atoms with Crippen molar-refractivity contribution >= 4 is 45.3 Å². The molecule has 2 saturated carbocycles. The number of alkyl halides is 3. The lowest BCUT2D eigenvalue weighted by atomic mass is 9.75. The van der Waals surface area contributed by atoms with E-state index in [2.05, 4.69) is 15.6 Å². The van der Waals surface area contributed by atoms with Gasteiger partial charge in [0.1, 0.15) is 11.2 Å². The Labute approximate surface area is 273 Å². The lowest BCUT2D eigenvalue weighted by Crippen LogP contribution is -2.61. The molecule has 0 aliphatic heterocycles. The van der Waals surface area contributed by atoms with Gasteiger partial charge in [0.05, 0.1) is 17.0 Å². The van der Waals surface area contributed by atoms with E-state index in [1.54, 1.807) is 48.0 Å². The summed E-state index contributed by atoms with van der Waals surface area (Å²) in [5.41, 5.74) is 2.73. The molecule has 12 heteroatoms. The zero-order valence-corrected chi connectivity index (χ0v) is 26.4. The molecule has 9 nitrogen and oxygen atoms in total. The molecule has 0 saturated heterocycles. The average molecular weight is 658 g/mol. The molecule has 2 amide bonds. The van der Waals surface area contributed by atoms with Gasteiger partial charge in [-0.15, -0.1) is 0 Å². The molecule has 7 rings (SSSR count). The van der Waals surface area contributed by atoms with Crippen LogP contribution in [0.2, 0.25) is 0 Å². The molecule has 0 bridgehead atoms. The molecule has 0 radical (unpaired) electrons. The third-order valence-electron chi connectivity index (χ3n) is 10.1. The maximum absolute atomic E-state index is 13.7. The number of nitrogens with zero attached hydrogens (tertiary/aromatic N) is 3. The summed E-state index contributed by atoms with van der Waals surface area (Å²) in [4.78, 5) is 43.1. The Kier molecular flexibility index (Phi) is 7.56. The van der Waals surface area contributed by atoms with E-state index in [9.17, 15) is 32.7 Å². The quantitative estimate of drug-likeness (QED) is 0.169. The second-order valence-corrected chi connectivity index (χ2v) is 13.0. The minimum absolute atomic E-state index is 0.129. The van der Waals surface area contributed by atoms with Gasteiger partial charge in [0, 0.05) is 53.3 Å². The van der Waals surface area contributed by atoms with Crippen LogP contribution in [0, 0.1) is 0 Å². The van der Waals surface area contributed by atoms with Crippen LogP contribution in [-0.4, -0.2) is 42.5 Å². The number of rotatable bonds is 7. The summed E-state index contributed by atoms with van der Waals surface area (Å²) in [5, 5.41) is 16.9. The fraction of sp³-hybridized carbons (Fsp3) is 0.333. The first kappa shape index (κ1) is 31.5. The Morgan fingerprint density at radius 1 is 0.917 bits per heavy atom. The van der Waals surface area contributed by atoms with Gasteiger partial charge in [-0.3, -0.25) is 14.6 Å². The largest absolute Gasteiger partial charge is 0.477 e. The summed E-state index contributed by atoms with van der Waals surface area (Å²) in [6, 6.07) is 14.5. The number of nitrogens with one attached hydrogen (secondary N) is 2. The van der Waals surface area contributed by atoms with E-state index in [4.69, 9.17) is 0 Å². The van der Waals surface area contributed by atoms with Gasteiger partial charge < -0.3 is 24.9 Å². The van der Waals surface area contributed by atoms with Gasteiger partial charge in [0.2, 0.25) is 5.91 Å². The number of carboxylic acids is 1. The number of carboxylic acid groups (broad SMARTS) is 1. The summed E-state index contributed by atoms with van der Waals surface area (Å²) < 4.78 is 43.3. The summed E-state index contributed by atoms with van der Waals surface area (Å²) in [5.74, 6) is -1.59. The van der Waals surface area contributed by atoms with Crippen molar-refractivity contribution in [3.05, 3.63) is 83.2 Å². The number of carbonyl (C=O) groups excluding carboxylic acids is 2. The van der Waals surface area contributed by atoms with Gasteiger partial charge in [0.25, 0.3) is 5.91 Å². The first-order valence-corrected chi connectivity index (χ1v) is 16.0. The van der Waals surface area contributed by atoms with Crippen molar-refractivity contribution in [2.24, 2.45) is 14.1 Å². The number of pyridine rings is 1. The van der Waals surface area contributed by atoms with Crippen molar-refractivity contribution < 1.29 is 32.7 Å². The average Bonchev–Trinajstić information content (AvgIpc) is 3.75. The Morgan fingerprint density at radius 3 is 2.29 bits per heavy atom. The minimum atomic E-state index is -4.49. The fourth-order valence-corrected chi connectivity index (χ4v) is 7.36. The van der Waals surface area contributed by atoms with Gasteiger partial charge in [0.15, 0.2) is 0 Å². The van der Waals surface area contributed by atoms with E-state index in [1.165, 1.54) is 6.07 Å². The Hall–Kier alpha value is -5.13. The van der Waals surface area contributed by atoms with Crippen molar-refractivity contribution in [1.82, 2.24) is 19.4 Å². The number of amides is 2. The van der Waals surface area contributed by atoms with E-state index in [-0.39, 0.29) is 17.5 Å². The molecule has 2 aliphatic rings. The number of halogens is 3. The van der Waals surface area contributed by atoms with Crippen molar-refractivity contribution in [1.29, 1.82) is 0 Å². The van der Waals surface area contributed by atoms with Crippen LogP contribution in [0.1, 0.15) is 82.8 Å². The summed E-state index contributed by atoms with van der Waals surface area (Å²) >= 11 is 0. The van der Waals surface area contributed by atoms with Crippen LogP contribution >= 0.6 is 0 Å². The van der Waals surface area contributed by atoms with Crippen molar-refractivity contribution in [2.45, 2.75) is 62.6 Å². The van der Waals surface area contributed by atoms with Gasteiger partial charge in [-0.05, 0) is 92.1 Å². The highest BCUT2D eigenvalue weighted by Gasteiger charge is 2.45. The molecule has 0 atom stereocenters. The minimum Gasteiger partial charge on any atom is -0.477 e. The maximum atomic E-state index is 13.7. The second-order valence-electron chi connectivity index (χ2n) is 13.0. The predicted molar refractivity (Wildman–Crippen MR) is 175 cm³/mol. The SMILES string of the molecule is Cn1c(C(=O)O)cc2cc(NC(=O)C3(NC(=O)c4ccc5c(C6CCCC6)c(-c6ccc(C(F)(F)F)cn6)n(C)c5c4)CCC3)ccc21. The smallest absolute Gasteiger partial charge is 0.417 e. The molecular weight excluding hydrogens is 623 g/mol. The molecule has 5 aromatic rings. The highest BCUT2D eigenvalue weighted by molar-refractivity contribution is 6.07. The molecule has 48 heavy (non-hydrogen) atoms. The number of carbonyl (C=O) groups is 3. The van der Waals surface area contributed by atoms with E-state index in [0.717, 1.165) is 66.5 Å². The van der Waals surface area contributed by atoms with E-state index in [0.29, 0.717) is 40.7 Å². The predicted octanol–water partition coefficient (Wildman–Crippen LogP) is 7.40. The normalized spacial score (nSPS) is 16.3. The third kappa shape index (κ3) is 5.29. The van der Waals surface area contributed by atoms with Gasteiger partial charge in [-0.1, -0.05) is 18.9 Å². The topological polar surface area (TPSA) is 118 Å². The van der Waals surface area contributed by atoms with Crippen LogP contribution in [0.5, 0.6) is 0 Å². The van der Waals surface area contributed by atoms with Crippen LogP contribution in [0.3, 0.4) is 0 Å². The number of fused-ring (bicyclic) bond motifs is 2. The molecule has 2 fully saturated rings. The Balaban J connectivity index is 1.17. The monoisotopic (exact) mass is 657 g/mol. The fourth-order valence-electron chi connectivity index (χ4n) is 7.36. The summed E-state index contributed by atoms with van der Waals surface area (Å²) in [6.07, 6.45) is 2.11. The number of aromatic nitrogens is 3. The van der Waals surface area contributed by atoms with Crippen LogP contribution in [0.25, 0.3) is 33.2 Å². The second kappa shape index (κ2) is 11.5. The van der Waals surface area contributed by atoms with E-state index < -0.39 is 29.2 Å². The Morgan fingerprint density at radius 2 is 1.67 bits per heavy atom. The number of hydrogen-bond donors (Lipinski definition) is 3. The van der Waals surface area contributed by atoms with Crippen molar-refractivity contribution in [3.8, 4) is 11.4 Å².